The summed E-state index contributed by atoms with van der Waals surface area (Å²) >= 11 is 0. The highest BCUT2D eigenvalue weighted by atomic mass is 15.1. The summed E-state index contributed by atoms with van der Waals surface area (Å²) < 4.78 is 0. The van der Waals surface area contributed by atoms with Gasteiger partial charge in [-0.15, -0.1) is 0 Å². The van der Waals surface area contributed by atoms with Crippen LogP contribution in [0.5, 0.6) is 0 Å². The van der Waals surface area contributed by atoms with E-state index in [1.165, 1.54) is 0 Å². The van der Waals surface area contributed by atoms with Crippen LogP contribution in [0, 0.1) is 11.3 Å². The summed E-state index contributed by atoms with van der Waals surface area (Å²) in [6, 6.07) is 8.49. The highest BCUT2D eigenvalue weighted by Gasteiger charge is 2.10. The normalized spacial score (nSPS) is 10.1. The third kappa shape index (κ3) is 3.75. The molecular formula is C15H23N3. The average molecular weight is 245 g/mol. The molecule has 0 spiro atoms. The van der Waals surface area contributed by atoms with E-state index in [1.54, 1.807) is 0 Å². The molecule has 0 fully saturated rings. The van der Waals surface area contributed by atoms with Crippen LogP contribution >= 0.6 is 0 Å². The van der Waals surface area contributed by atoms with Crippen LogP contribution in [-0.4, -0.2) is 20.1 Å². The van der Waals surface area contributed by atoms with Gasteiger partial charge < -0.3 is 10.2 Å². The molecule has 1 aromatic rings. The zero-order chi connectivity index (χ0) is 13.4. The van der Waals surface area contributed by atoms with E-state index in [4.69, 9.17) is 0 Å². The molecule has 0 unspecified atom stereocenters. The van der Waals surface area contributed by atoms with E-state index < -0.39 is 0 Å². The minimum Gasteiger partial charge on any atom is -0.370 e. The summed E-state index contributed by atoms with van der Waals surface area (Å²) in [6.45, 7) is 7.16. The second kappa shape index (κ2) is 7.73. The van der Waals surface area contributed by atoms with Gasteiger partial charge in [-0.05, 0) is 37.6 Å². The Hall–Kier alpha value is -1.53. The number of nitrogens with zero attached hydrogens (tertiary/aromatic N) is 2. The van der Waals surface area contributed by atoms with E-state index in [1.807, 2.05) is 13.1 Å². The highest BCUT2D eigenvalue weighted by Crippen LogP contribution is 2.22. The smallest absolute Gasteiger partial charge is 0.101 e. The second-order valence-corrected chi connectivity index (χ2v) is 4.48. The molecule has 0 radical (unpaired) electrons. The molecule has 0 saturated heterocycles. The zero-order valence-electron chi connectivity index (χ0n) is 11.7. The van der Waals surface area contributed by atoms with Gasteiger partial charge in [0, 0.05) is 19.6 Å². The Labute approximate surface area is 110 Å². The quantitative estimate of drug-likeness (QED) is 0.803. The SMILES string of the molecule is CCCN(CCC)c1ccc(CNC)cc1C#N. The van der Waals surface area contributed by atoms with Crippen LogP contribution in [0.25, 0.3) is 0 Å². The molecule has 0 saturated carbocycles. The first kappa shape index (κ1) is 14.5. The van der Waals surface area contributed by atoms with Gasteiger partial charge in [0.2, 0.25) is 0 Å². The van der Waals surface area contributed by atoms with Crippen LogP contribution in [-0.2, 0) is 6.54 Å². The molecule has 0 amide bonds. The Morgan fingerprint density at radius 1 is 1.22 bits per heavy atom. The highest BCUT2D eigenvalue weighted by molar-refractivity contribution is 5.60. The van der Waals surface area contributed by atoms with E-state index in [2.05, 4.69) is 42.3 Å². The van der Waals surface area contributed by atoms with Crippen molar-refractivity contribution in [2.45, 2.75) is 33.2 Å². The Morgan fingerprint density at radius 3 is 2.39 bits per heavy atom. The third-order valence-electron chi connectivity index (χ3n) is 2.89. The summed E-state index contributed by atoms with van der Waals surface area (Å²) in [5.74, 6) is 0. The summed E-state index contributed by atoms with van der Waals surface area (Å²) in [7, 11) is 1.92. The predicted octanol–water partition coefficient (Wildman–Crippen LogP) is 2.90. The Kier molecular flexibility index (Phi) is 6.24. The standard InChI is InChI=1S/C15H23N3/c1-4-8-18(9-5-2)15-7-6-13(12-17-3)10-14(15)11-16/h6-7,10,17H,4-5,8-9,12H2,1-3H3. The lowest BCUT2D eigenvalue weighted by atomic mass is 10.1. The molecule has 0 aromatic heterocycles. The van der Waals surface area contributed by atoms with Crippen LogP contribution in [0.3, 0.4) is 0 Å². The summed E-state index contributed by atoms with van der Waals surface area (Å²) in [5.41, 5.74) is 3.01. The maximum Gasteiger partial charge on any atom is 0.101 e. The lowest BCUT2D eigenvalue weighted by Crippen LogP contribution is -2.25. The van der Waals surface area contributed by atoms with Crippen molar-refractivity contribution >= 4 is 5.69 Å². The van der Waals surface area contributed by atoms with Gasteiger partial charge in [-0.1, -0.05) is 19.9 Å². The zero-order valence-corrected chi connectivity index (χ0v) is 11.7. The van der Waals surface area contributed by atoms with E-state index >= 15 is 0 Å². The number of anilines is 1. The van der Waals surface area contributed by atoms with Crippen LogP contribution in [0.4, 0.5) is 5.69 Å². The van der Waals surface area contributed by atoms with Crippen LogP contribution < -0.4 is 10.2 Å². The van der Waals surface area contributed by atoms with Crippen molar-refractivity contribution in [3.63, 3.8) is 0 Å². The van der Waals surface area contributed by atoms with Crippen molar-refractivity contribution in [2.75, 3.05) is 25.0 Å². The Bertz CT molecular complexity index is 401. The number of nitrogens with one attached hydrogen (secondary N) is 1. The monoisotopic (exact) mass is 245 g/mol. The van der Waals surface area contributed by atoms with Gasteiger partial charge >= 0.3 is 0 Å². The predicted molar refractivity (Wildman–Crippen MR) is 76.7 cm³/mol. The summed E-state index contributed by atoms with van der Waals surface area (Å²) in [4.78, 5) is 2.31. The minimum atomic E-state index is 0.782. The maximum atomic E-state index is 9.30. The molecule has 1 rings (SSSR count). The lowest BCUT2D eigenvalue weighted by Gasteiger charge is -2.25. The van der Waals surface area contributed by atoms with Gasteiger partial charge in [-0.3, -0.25) is 0 Å². The molecular weight excluding hydrogens is 222 g/mol. The molecule has 0 atom stereocenters. The minimum absolute atomic E-state index is 0.782. The van der Waals surface area contributed by atoms with Crippen molar-refractivity contribution in [1.82, 2.24) is 5.32 Å². The van der Waals surface area contributed by atoms with Gasteiger partial charge in [-0.2, -0.15) is 5.26 Å². The van der Waals surface area contributed by atoms with Crippen LogP contribution in [0.15, 0.2) is 18.2 Å². The molecule has 1 aromatic carbocycles. The van der Waals surface area contributed by atoms with Crippen molar-refractivity contribution in [3.05, 3.63) is 29.3 Å². The molecule has 0 aliphatic carbocycles. The van der Waals surface area contributed by atoms with Crippen LogP contribution in [0.1, 0.15) is 37.8 Å². The molecule has 0 aliphatic heterocycles. The average Bonchev–Trinajstić information content (AvgIpc) is 2.39. The third-order valence-corrected chi connectivity index (χ3v) is 2.89. The Balaban J connectivity index is 3.02. The van der Waals surface area contributed by atoms with E-state index in [0.717, 1.165) is 49.3 Å². The number of rotatable bonds is 7. The number of hydrogen-bond donors (Lipinski definition) is 1. The molecule has 3 nitrogen and oxygen atoms in total. The first-order valence-corrected chi connectivity index (χ1v) is 6.69. The van der Waals surface area contributed by atoms with Gasteiger partial charge in [0.05, 0.1) is 11.3 Å². The van der Waals surface area contributed by atoms with Gasteiger partial charge in [0.25, 0.3) is 0 Å². The van der Waals surface area contributed by atoms with Crippen molar-refractivity contribution in [3.8, 4) is 6.07 Å². The fourth-order valence-electron chi connectivity index (χ4n) is 2.16. The summed E-state index contributed by atoms with van der Waals surface area (Å²) in [6.07, 6.45) is 2.20. The fourth-order valence-corrected chi connectivity index (χ4v) is 2.16. The Morgan fingerprint density at radius 2 is 1.89 bits per heavy atom. The maximum absolute atomic E-state index is 9.30. The van der Waals surface area contributed by atoms with Crippen molar-refractivity contribution in [2.24, 2.45) is 0 Å². The molecule has 1 N–H and O–H groups in total. The molecule has 18 heavy (non-hydrogen) atoms. The lowest BCUT2D eigenvalue weighted by molar-refractivity contribution is 0.743. The molecule has 0 bridgehead atoms. The van der Waals surface area contributed by atoms with Crippen LogP contribution in [0.2, 0.25) is 0 Å². The fraction of sp³-hybridized carbons (Fsp3) is 0.533. The molecule has 98 valence electrons. The van der Waals surface area contributed by atoms with Crippen molar-refractivity contribution < 1.29 is 0 Å². The van der Waals surface area contributed by atoms with Gasteiger partial charge in [-0.25, -0.2) is 0 Å². The largest absolute Gasteiger partial charge is 0.370 e. The second-order valence-electron chi connectivity index (χ2n) is 4.48. The van der Waals surface area contributed by atoms with Crippen molar-refractivity contribution in [1.29, 1.82) is 5.26 Å². The first-order chi connectivity index (χ1) is 8.76. The molecule has 0 heterocycles. The molecule has 3 heteroatoms. The number of benzene rings is 1. The first-order valence-electron chi connectivity index (χ1n) is 6.69. The van der Waals surface area contributed by atoms with E-state index in [0.29, 0.717) is 0 Å². The number of nitriles is 1. The van der Waals surface area contributed by atoms with Gasteiger partial charge in [0.1, 0.15) is 6.07 Å². The topological polar surface area (TPSA) is 39.1 Å². The molecule has 0 aliphatic rings. The number of hydrogen-bond acceptors (Lipinski definition) is 3. The van der Waals surface area contributed by atoms with Gasteiger partial charge in [0.15, 0.2) is 0 Å². The van der Waals surface area contributed by atoms with E-state index in [9.17, 15) is 5.26 Å². The summed E-state index contributed by atoms with van der Waals surface area (Å²) in [5, 5.41) is 12.4. The van der Waals surface area contributed by atoms with E-state index in [-0.39, 0.29) is 0 Å².